The van der Waals surface area contributed by atoms with Crippen LogP contribution in [0.15, 0.2) is 42.5 Å². The maximum absolute atomic E-state index is 13.1. The summed E-state index contributed by atoms with van der Waals surface area (Å²) in [5, 5.41) is -0.264. The molecule has 21 heavy (non-hydrogen) atoms. The van der Waals surface area contributed by atoms with Crippen LogP contribution >= 0.6 is 11.6 Å². The summed E-state index contributed by atoms with van der Waals surface area (Å²) in [4.78, 5) is 23.5. The van der Waals surface area contributed by atoms with E-state index in [4.69, 9.17) is 11.6 Å². The molecule has 0 aliphatic carbocycles. The van der Waals surface area contributed by atoms with Crippen molar-refractivity contribution in [3.05, 3.63) is 70.2 Å². The summed E-state index contributed by atoms with van der Waals surface area (Å²) < 4.78 is 26.0. The fourth-order valence-corrected chi connectivity index (χ4v) is 1.78. The molecular formula is C14H9ClF2N2O2. The largest absolute Gasteiger partial charge is 0.271 e. The Morgan fingerprint density at radius 3 is 2.14 bits per heavy atom. The Bertz CT molecular complexity index is 693. The van der Waals surface area contributed by atoms with Crippen molar-refractivity contribution in [1.29, 1.82) is 0 Å². The van der Waals surface area contributed by atoms with E-state index in [2.05, 4.69) is 10.9 Å². The SMILES string of the molecule is O=C(NNC(=O)c1cc(F)c(F)cc1Cl)c1ccccc1. The Kier molecular flexibility index (Phi) is 4.49. The van der Waals surface area contributed by atoms with Crippen LogP contribution in [-0.2, 0) is 0 Å². The molecule has 0 fully saturated rings. The van der Waals surface area contributed by atoms with Crippen molar-refractivity contribution in [1.82, 2.24) is 10.9 Å². The van der Waals surface area contributed by atoms with E-state index >= 15 is 0 Å². The molecule has 2 rings (SSSR count). The van der Waals surface area contributed by atoms with E-state index in [1.807, 2.05) is 0 Å². The first-order valence-corrected chi connectivity index (χ1v) is 6.17. The molecule has 0 heterocycles. The van der Waals surface area contributed by atoms with Crippen LogP contribution < -0.4 is 10.9 Å². The molecule has 0 saturated carbocycles. The number of hydrogen-bond donors (Lipinski definition) is 2. The van der Waals surface area contributed by atoms with Crippen LogP contribution in [0.2, 0.25) is 5.02 Å². The molecule has 0 aliphatic rings. The molecule has 4 nitrogen and oxygen atoms in total. The minimum absolute atomic E-state index is 0.264. The first-order chi connectivity index (χ1) is 9.99. The van der Waals surface area contributed by atoms with E-state index in [0.717, 1.165) is 0 Å². The first kappa shape index (κ1) is 14.9. The van der Waals surface area contributed by atoms with E-state index in [1.54, 1.807) is 30.3 Å². The number of benzene rings is 2. The van der Waals surface area contributed by atoms with Gasteiger partial charge in [-0.05, 0) is 24.3 Å². The average molecular weight is 311 g/mol. The molecule has 0 bridgehead atoms. The van der Waals surface area contributed by atoms with Crippen LogP contribution in [0.1, 0.15) is 20.7 Å². The normalized spacial score (nSPS) is 10.0. The molecule has 2 amide bonds. The lowest BCUT2D eigenvalue weighted by Crippen LogP contribution is -2.41. The van der Waals surface area contributed by atoms with Crippen LogP contribution in [0.4, 0.5) is 8.78 Å². The van der Waals surface area contributed by atoms with E-state index in [1.165, 1.54) is 0 Å². The number of halogens is 3. The third kappa shape index (κ3) is 3.55. The second-order valence-electron chi connectivity index (χ2n) is 4.02. The lowest BCUT2D eigenvalue weighted by atomic mass is 10.2. The zero-order valence-electron chi connectivity index (χ0n) is 10.5. The summed E-state index contributed by atoms with van der Waals surface area (Å²) >= 11 is 5.65. The van der Waals surface area contributed by atoms with Crippen LogP contribution in [-0.4, -0.2) is 11.8 Å². The fraction of sp³-hybridized carbons (Fsp3) is 0. The molecule has 2 aromatic carbocycles. The Labute approximate surface area is 123 Å². The number of hydrogen-bond acceptors (Lipinski definition) is 2. The van der Waals surface area contributed by atoms with Gasteiger partial charge in [0.05, 0.1) is 10.6 Å². The van der Waals surface area contributed by atoms with Crippen LogP contribution in [0.25, 0.3) is 0 Å². The maximum Gasteiger partial charge on any atom is 0.271 e. The number of carbonyl (C=O) groups excluding carboxylic acids is 2. The number of hydrazine groups is 1. The molecule has 2 N–H and O–H groups in total. The third-order valence-electron chi connectivity index (χ3n) is 2.58. The topological polar surface area (TPSA) is 58.2 Å². The lowest BCUT2D eigenvalue weighted by molar-refractivity contribution is 0.0846. The Hall–Kier alpha value is -2.47. The second kappa shape index (κ2) is 6.32. The van der Waals surface area contributed by atoms with Gasteiger partial charge in [0, 0.05) is 5.56 Å². The number of carbonyl (C=O) groups is 2. The monoisotopic (exact) mass is 310 g/mol. The van der Waals surface area contributed by atoms with Gasteiger partial charge >= 0.3 is 0 Å². The van der Waals surface area contributed by atoms with E-state index in [0.29, 0.717) is 17.7 Å². The zero-order valence-corrected chi connectivity index (χ0v) is 11.2. The van der Waals surface area contributed by atoms with Gasteiger partial charge in [0.2, 0.25) is 0 Å². The van der Waals surface area contributed by atoms with Gasteiger partial charge in [-0.25, -0.2) is 8.78 Å². The highest BCUT2D eigenvalue weighted by molar-refractivity contribution is 6.33. The number of amides is 2. The molecular weight excluding hydrogens is 302 g/mol. The summed E-state index contributed by atoms with van der Waals surface area (Å²) in [6.45, 7) is 0. The van der Waals surface area contributed by atoms with Gasteiger partial charge in [0.25, 0.3) is 11.8 Å². The number of nitrogens with one attached hydrogen (secondary N) is 2. The summed E-state index contributed by atoms with van der Waals surface area (Å²) in [7, 11) is 0. The van der Waals surface area contributed by atoms with Gasteiger partial charge in [0.15, 0.2) is 11.6 Å². The van der Waals surface area contributed by atoms with Crippen molar-refractivity contribution in [3.63, 3.8) is 0 Å². The summed E-state index contributed by atoms with van der Waals surface area (Å²) in [5.74, 6) is -3.78. The smallest absolute Gasteiger partial charge is 0.267 e. The summed E-state index contributed by atoms with van der Waals surface area (Å²) in [5.41, 5.74) is 4.26. The molecule has 0 spiro atoms. The van der Waals surface area contributed by atoms with Gasteiger partial charge < -0.3 is 0 Å². The van der Waals surface area contributed by atoms with Crippen molar-refractivity contribution in [2.75, 3.05) is 0 Å². The van der Waals surface area contributed by atoms with Crippen molar-refractivity contribution in [2.24, 2.45) is 0 Å². The van der Waals surface area contributed by atoms with Crippen LogP contribution in [0.3, 0.4) is 0 Å². The molecule has 0 radical (unpaired) electrons. The van der Waals surface area contributed by atoms with Crippen LogP contribution in [0, 0.1) is 11.6 Å². The molecule has 0 unspecified atom stereocenters. The van der Waals surface area contributed by atoms with Gasteiger partial charge in [-0.15, -0.1) is 0 Å². The van der Waals surface area contributed by atoms with Gasteiger partial charge in [-0.1, -0.05) is 29.8 Å². The van der Waals surface area contributed by atoms with Gasteiger partial charge in [0.1, 0.15) is 0 Å². The molecule has 108 valence electrons. The standard InChI is InChI=1S/C14H9ClF2N2O2/c15-10-7-12(17)11(16)6-9(10)14(21)19-18-13(20)8-4-2-1-3-5-8/h1-7H,(H,18,20)(H,19,21). The van der Waals surface area contributed by atoms with Crippen LogP contribution in [0.5, 0.6) is 0 Å². The molecule has 7 heteroatoms. The van der Waals surface area contributed by atoms with Gasteiger partial charge in [-0.2, -0.15) is 0 Å². The molecule has 2 aromatic rings. The summed E-state index contributed by atoms with van der Waals surface area (Å²) in [6, 6.07) is 9.48. The van der Waals surface area contributed by atoms with E-state index < -0.39 is 23.4 Å². The zero-order chi connectivity index (χ0) is 15.4. The predicted molar refractivity (Wildman–Crippen MR) is 72.7 cm³/mol. The quantitative estimate of drug-likeness (QED) is 0.662. The minimum Gasteiger partial charge on any atom is -0.267 e. The van der Waals surface area contributed by atoms with Crippen molar-refractivity contribution in [3.8, 4) is 0 Å². The minimum atomic E-state index is -1.21. The van der Waals surface area contributed by atoms with E-state index in [-0.39, 0.29) is 10.6 Å². The highest BCUT2D eigenvalue weighted by atomic mass is 35.5. The predicted octanol–water partition coefficient (Wildman–Crippen LogP) is 2.69. The molecule has 0 aliphatic heterocycles. The first-order valence-electron chi connectivity index (χ1n) is 5.79. The molecule has 0 atom stereocenters. The molecule has 0 aromatic heterocycles. The van der Waals surface area contributed by atoms with Crippen molar-refractivity contribution in [2.45, 2.75) is 0 Å². The maximum atomic E-state index is 13.1. The van der Waals surface area contributed by atoms with E-state index in [9.17, 15) is 18.4 Å². The van der Waals surface area contributed by atoms with Crippen molar-refractivity contribution < 1.29 is 18.4 Å². The van der Waals surface area contributed by atoms with Gasteiger partial charge in [-0.3, -0.25) is 20.4 Å². The highest BCUT2D eigenvalue weighted by Crippen LogP contribution is 2.19. The molecule has 0 saturated heterocycles. The Balaban J connectivity index is 2.06. The highest BCUT2D eigenvalue weighted by Gasteiger charge is 2.15. The Morgan fingerprint density at radius 1 is 0.905 bits per heavy atom. The fourth-order valence-electron chi connectivity index (χ4n) is 1.54. The lowest BCUT2D eigenvalue weighted by Gasteiger charge is -2.08. The van der Waals surface area contributed by atoms with Crippen molar-refractivity contribution >= 4 is 23.4 Å². The average Bonchev–Trinajstić information content (AvgIpc) is 2.49. The summed E-state index contributed by atoms with van der Waals surface area (Å²) in [6.07, 6.45) is 0. The third-order valence-corrected chi connectivity index (χ3v) is 2.89. The number of rotatable bonds is 2. The Morgan fingerprint density at radius 2 is 1.48 bits per heavy atom. The second-order valence-corrected chi connectivity index (χ2v) is 4.43.